The minimum absolute atomic E-state index is 0.135. The largest absolute Gasteiger partial charge is 0.394 e. The van der Waals surface area contributed by atoms with E-state index in [4.69, 9.17) is 5.26 Å². The van der Waals surface area contributed by atoms with Crippen molar-refractivity contribution in [3.8, 4) is 6.07 Å². The van der Waals surface area contributed by atoms with Crippen molar-refractivity contribution < 1.29 is 9.90 Å². The molecule has 1 aliphatic heterocycles. The molecule has 0 radical (unpaired) electrons. The molecule has 1 saturated heterocycles. The van der Waals surface area contributed by atoms with Gasteiger partial charge in [-0.15, -0.1) is 0 Å². The smallest absolute Gasteiger partial charge is 0.255 e. The number of aromatic nitrogens is 1. The molecular weight excluding hydrogens is 364 g/mol. The summed E-state index contributed by atoms with van der Waals surface area (Å²) >= 11 is 0. The van der Waals surface area contributed by atoms with Gasteiger partial charge in [-0.25, -0.2) is 0 Å². The molecule has 1 aliphatic rings. The summed E-state index contributed by atoms with van der Waals surface area (Å²) in [4.78, 5) is 19.4. The number of aliphatic hydroxyl groups excluding tert-OH is 1. The molecule has 29 heavy (non-hydrogen) atoms. The van der Waals surface area contributed by atoms with Gasteiger partial charge in [0.25, 0.3) is 5.91 Å². The molecule has 2 heterocycles. The van der Waals surface area contributed by atoms with Gasteiger partial charge >= 0.3 is 0 Å². The van der Waals surface area contributed by atoms with Gasteiger partial charge < -0.3 is 15.3 Å². The second-order valence-electron chi connectivity index (χ2n) is 7.33. The number of rotatable bonds is 4. The van der Waals surface area contributed by atoms with Crippen LogP contribution < -0.4 is 10.2 Å². The van der Waals surface area contributed by atoms with Crippen LogP contribution in [0.25, 0.3) is 10.9 Å². The Morgan fingerprint density at radius 3 is 2.79 bits per heavy atom. The van der Waals surface area contributed by atoms with E-state index in [1.54, 1.807) is 24.3 Å². The third-order valence-electron chi connectivity index (χ3n) is 5.35. The molecule has 1 atom stereocenters. The minimum Gasteiger partial charge on any atom is -0.394 e. The first-order valence-corrected chi connectivity index (χ1v) is 9.69. The van der Waals surface area contributed by atoms with Gasteiger partial charge in [-0.1, -0.05) is 0 Å². The lowest BCUT2D eigenvalue weighted by molar-refractivity contribution is 0.102. The molecule has 0 aliphatic carbocycles. The lowest BCUT2D eigenvalue weighted by atomic mass is 10.1. The van der Waals surface area contributed by atoms with Crippen LogP contribution in [-0.2, 0) is 0 Å². The molecule has 0 saturated carbocycles. The minimum atomic E-state index is -0.235. The van der Waals surface area contributed by atoms with Gasteiger partial charge in [-0.2, -0.15) is 5.26 Å². The SMILES string of the molecule is Cc1cc(N2CCC[C@H]2CO)c2ccc(NC(=O)c3ccc(C#N)cc3)cc2n1. The van der Waals surface area contributed by atoms with E-state index in [0.29, 0.717) is 16.8 Å². The van der Waals surface area contributed by atoms with Gasteiger partial charge in [-0.05, 0) is 68.3 Å². The first-order valence-electron chi connectivity index (χ1n) is 9.69. The number of carbonyl (C=O) groups excluding carboxylic acids is 1. The molecule has 6 heteroatoms. The van der Waals surface area contributed by atoms with Crippen LogP contribution in [0.3, 0.4) is 0 Å². The zero-order valence-electron chi connectivity index (χ0n) is 16.2. The van der Waals surface area contributed by atoms with E-state index in [9.17, 15) is 9.90 Å². The normalized spacial score (nSPS) is 16.0. The van der Waals surface area contributed by atoms with E-state index in [0.717, 1.165) is 41.7 Å². The average molecular weight is 386 g/mol. The number of nitrogens with one attached hydrogen (secondary N) is 1. The molecule has 146 valence electrons. The summed E-state index contributed by atoms with van der Waals surface area (Å²) < 4.78 is 0. The topological polar surface area (TPSA) is 89.2 Å². The number of aliphatic hydroxyl groups is 1. The Bertz CT molecular complexity index is 1100. The maximum atomic E-state index is 12.5. The van der Waals surface area contributed by atoms with Crippen molar-refractivity contribution in [1.82, 2.24) is 4.98 Å². The predicted molar refractivity (Wildman–Crippen MR) is 113 cm³/mol. The number of carbonyl (C=O) groups is 1. The molecule has 2 N–H and O–H groups in total. The number of nitriles is 1. The molecule has 0 unspecified atom stereocenters. The standard InChI is InChI=1S/C23H22N4O2/c1-15-11-22(27-10-2-3-19(27)14-28)20-9-8-18(12-21(20)25-15)26-23(29)17-6-4-16(13-24)5-7-17/h4-9,11-12,19,28H,2-3,10,14H2,1H3,(H,26,29)/t19-/m0/s1. The molecule has 6 nitrogen and oxygen atoms in total. The van der Waals surface area contributed by atoms with Gasteiger partial charge in [0, 0.05) is 34.6 Å². The Balaban J connectivity index is 1.64. The fourth-order valence-corrected chi connectivity index (χ4v) is 3.90. The Kier molecular flexibility index (Phi) is 5.15. The second kappa shape index (κ2) is 7.90. The zero-order chi connectivity index (χ0) is 20.4. The highest BCUT2D eigenvalue weighted by atomic mass is 16.3. The summed E-state index contributed by atoms with van der Waals surface area (Å²) in [5, 5.41) is 22.5. The lowest BCUT2D eigenvalue weighted by Crippen LogP contribution is -2.32. The van der Waals surface area contributed by atoms with E-state index < -0.39 is 0 Å². The maximum Gasteiger partial charge on any atom is 0.255 e. The molecule has 0 bridgehead atoms. The van der Waals surface area contributed by atoms with Crippen molar-refractivity contribution in [2.75, 3.05) is 23.4 Å². The summed E-state index contributed by atoms with van der Waals surface area (Å²) in [7, 11) is 0. The van der Waals surface area contributed by atoms with Crippen LogP contribution in [0.4, 0.5) is 11.4 Å². The van der Waals surface area contributed by atoms with Gasteiger partial charge in [0.1, 0.15) is 0 Å². The zero-order valence-corrected chi connectivity index (χ0v) is 16.2. The molecule has 1 fully saturated rings. The van der Waals surface area contributed by atoms with E-state index >= 15 is 0 Å². The van der Waals surface area contributed by atoms with Crippen molar-refractivity contribution in [1.29, 1.82) is 5.26 Å². The molecule has 4 rings (SSSR count). The number of pyridine rings is 1. The Hall–Kier alpha value is -3.43. The average Bonchev–Trinajstić information content (AvgIpc) is 3.21. The van der Waals surface area contributed by atoms with Gasteiger partial charge in [0.05, 0.1) is 29.8 Å². The monoisotopic (exact) mass is 386 g/mol. The van der Waals surface area contributed by atoms with Crippen LogP contribution in [0.5, 0.6) is 0 Å². The third-order valence-corrected chi connectivity index (χ3v) is 5.35. The maximum absolute atomic E-state index is 12.5. The molecule has 0 spiro atoms. The van der Waals surface area contributed by atoms with Crippen molar-refractivity contribution >= 4 is 28.2 Å². The highest BCUT2D eigenvalue weighted by molar-refractivity contribution is 6.05. The van der Waals surface area contributed by atoms with Crippen LogP contribution in [0.2, 0.25) is 0 Å². The number of amides is 1. The summed E-state index contributed by atoms with van der Waals surface area (Å²) in [5.41, 5.74) is 4.45. The Morgan fingerprint density at radius 2 is 2.07 bits per heavy atom. The van der Waals surface area contributed by atoms with E-state index in [-0.39, 0.29) is 18.6 Å². The highest BCUT2D eigenvalue weighted by Crippen LogP contribution is 2.33. The lowest BCUT2D eigenvalue weighted by Gasteiger charge is -2.27. The summed E-state index contributed by atoms with van der Waals surface area (Å²) in [6.07, 6.45) is 2.05. The summed E-state index contributed by atoms with van der Waals surface area (Å²) in [6.45, 7) is 3.01. The van der Waals surface area contributed by atoms with E-state index in [1.807, 2.05) is 31.2 Å². The summed E-state index contributed by atoms with van der Waals surface area (Å²) in [6, 6.07) is 16.5. The van der Waals surface area contributed by atoms with Crippen molar-refractivity contribution in [2.24, 2.45) is 0 Å². The van der Waals surface area contributed by atoms with Crippen molar-refractivity contribution in [2.45, 2.75) is 25.8 Å². The van der Waals surface area contributed by atoms with E-state index in [1.165, 1.54) is 0 Å². The van der Waals surface area contributed by atoms with Gasteiger partial charge in [0.15, 0.2) is 0 Å². The number of hydrogen-bond acceptors (Lipinski definition) is 5. The van der Waals surface area contributed by atoms with Crippen molar-refractivity contribution in [3.05, 3.63) is 65.4 Å². The number of benzene rings is 2. The van der Waals surface area contributed by atoms with Gasteiger partial charge in [-0.3, -0.25) is 9.78 Å². The molecule has 2 aromatic carbocycles. The fraction of sp³-hybridized carbons (Fsp3) is 0.261. The molecule has 1 amide bonds. The fourth-order valence-electron chi connectivity index (χ4n) is 3.90. The first-order chi connectivity index (χ1) is 14.1. The number of nitrogens with zero attached hydrogens (tertiary/aromatic N) is 3. The van der Waals surface area contributed by atoms with Crippen LogP contribution in [0.1, 0.15) is 34.5 Å². The Morgan fingerprint density at radius 1 is 1.28 bits per heavy atom. The second-order valence-corrected chi connectivity index (χ2v) is 7.33. The quantitative estimate of drug-likeness (QED) is 0.715. The number of hydrogen-bond donors (Lipinski definition) is 2. The van der Waals surface area contributed by atoms with Gasteiger partial charge in [0.2, 0.25) is 0 Å². The predicted octanol–water partition coefficient (Wildman–Crippen LogP) is 3.63. The summed E-state index contributed by atoms with van der Waals surface area (Å²) in [5.74, 6) is -0.235. The number of anilines is 2. The van der Waals surface area contributed by atoms with Crippen molar-refractivity contribution in [3.63, 3.8) is 0 Å². The molecule has 3 aromatic rings. The first kappa shape index (κ1) is 18.9. The molecule has 1 aromatic heterocycles. The Labute approximate surface area is 169 Å². The van der Waals surface area contributed by atoms with E-state index in [2.05, 4.69) is 21.3 Å². The third kappa shape index (κ3) is 3.78. The van der Waals surface area contributed by atoms with Crippen LogP contribution in [0, 0.1) is 18.3 Å². The molecular formula is C23H22N4O2. The number of aryl methyl sites for hydroxylation is 1. The van der Waals surface area contributed by atoms with Crippen LogP contribution in [-0.4, -0.2) is 35.2 Å². The highest BCUT2D eigenvalue weighted by Gasteiger charge is 2.25. The van der Waals surface area contributed by atoms with Crippen LogP contribution >= 0.6 is 0 Å². The number of fused-ring (bicyclic) bond motifs is 1. The van der Waals surface area contributed by atoms with Crippen LogP contribution in [0.15, 0.2) is 48.5 Å².